The fourth-order valence-electron chi connectivity index (χ4n) is 3.80. The molecule has 0 spiro atoms. The molecule has 176 valence electrons. The smallest absolute Gasteiger partial charge is 0.352 e. The molecule has 0 unspecified atom stereocenters. The highest BCUT2D eigenvalue weighted by molar-refractivity contribution is 8.14. The summed E-state index contributed by atoms with van der Waals surface area (Å²) < 4.78 is 5.16. The highest BCUT2D eigenvalue weighted by Crippen LogP contribution is 2.41. The SMILES string of the molecule is COc1cccc(CC(=O)N[C@@H]2C(=O)N3C(C(=O)O)=C(CSC(=O)c4ccccc4)CS[C@H]23)c1. The summed E-state index contributed by atoms with van der Waals surface area (Å²) in [4.78, 5) is 50.9. The van der Waals surface area contributed by atoms with Gasteiger partial charge in [-0.25, -0.2) is 4.79 Å². The number of nitrogens with zero attached hydrogens (tertiary/aromatic N) is 1. The van der Waals surface area contributed by atoms with Crippen LogP contribution in [-0.2, 0) is 20.8 Å². The molecule has 8 nitrogen and oxygen atoms in total. The third kappa shape index (κ3) is 4.97. The average molecular weight is 499 g/mol. The second-order valence-corrected chi connectivity index (χ2v) is 9.74. The van der Waals surface area contributed by atoms with Crippen molar-refractivity contribution in [2.75, 3.05) is 18.6 Å². The fraction of sp³-hybridized carbons (Fsp3) is 0.250. The fourth-order valence-corrected chi connectivity index (χ4v) is 6.12. The molecule has 4 rings (SSSR count). The molecule has 0 radical (unpaired) electrons. The normalized spacial score (nSPS) is 19.2. The van der Waals surface area contributed by atoms with E-state index in [0.29, 0.717) is 22.6 Å². The minimum Gasteiger partial charge on any atom is -0.497 e. The van der Waals surface area contributed by atoms with Crippen molar-refractivity contribution in [3.8, 4) is 5.75 Å². The average Bonchev–Trinajstić information content (AvgIpc) is 2.85. The monoisotopic (exact) mass is 498 g/mol. The zero-order chi connectivity index (χ0) is 24.2. The van der Waals surface area contributed by atoms with Gasteiger partial charge in [0.2, 0.25) is 11.0 Å². The first kappa shape index (κ1) is 23.9. The van der Waals surface area contributed by atoms with E-state index >= 15 is 0 Å². The number of carbonyl (C=O) groups is 4. The lowest BCUT2D eigenvalue weighted by atomic mass is 10.0. The Kier molecular flexibility index (Phi) is 7.28. The number of fused-ring (bicyclic) bond motifs is 1. The molecule has 10 heteroatoms. The lowest BCUT2D eigenvalue weighted by Crippen LogP contribution is -2.70. The Morgan fingerprint density at radius 3 is 2.65 bits per heavy atom. The molecule has 0 aromatic heterocycles. The Morgan fingerprint density at radius 1 is 1.18 bits per heavy atom. The van der Waals surface area contributed by atoms with Crippen LogP contribution >= 0.6 is 23.5 Å². The van der Waals surface area contributed by atoms with Gasteiger partial charge in [0.05, 0.1) is 13.5 Å². The third-order valence-corrected chi connectivity index (χ3v) is 7.78. The zero-order valence-electron chi connectivity index (χ0n) is 18.2. The van der Waals surface area contributed by atoms with Crippen LogP contribution in [0.5, 0.6) is 5.75 Å². The molecule has 2 atom stereocenters. The molecular formula is C24H22N2O6S2. The molecular weight excluding hydrogens is 476 g/mol. The first-order chi connectivity index (χ1) is 16.4. The van der Waals surface area contributed by atoms with E-state index in [9.17, 15) is 24.3 Å². The van der Waals surface area contributed by atoms with Gasteiger partial charge in [0.25, 0.3) is 5.91 Å². The maximum atomic E-state index is 12.8. The molecule has 1 fully saturated rings. The van der Waals surface area contributed by atoms with E-state index in [1.165, 1.54) is 16.7 Å². The standard InChI is InChI=1S/C24H22N2O6S2/c1-32-17-9-5-6-14(10-17)11-18(27)25-19-21(28)26-20(23(29)30)16(12-33-22(19)26)13-34-24(31)15-7-3-2-4-8-15/h2-10,19,22H,11-13H2,1H3,(H,25,27)(H,29,30)/t19-,22-/m1/s1. The maximum Gasteiger partial charge on any atom is 0.352 e. The number of methoxy groups -OCH3 is 1. The van der Waals surface area contributed by atoms with Crippen molar-refractivity contribution in [2.45, 2.75) is 17.8 Å². The largest absolute Gasteiger partial charge is 0.497 e. The number of thioether (sulfide) groups is 2. The van der Waals surface area contributed by atoms with Crippen LogP contribution in [0, 0.1) is 0 Å². The number of amides is 2. The highest BCUT2D eigenvalue weighted by atomic mass is 32.2. The van der Waals surface area contributed by atoms with Gasteiger partial charge in [-0.2, -0.15) is 0 Å². The molecule has 2 aromatic rings. The van der Waals surface area contributed by atoms with Crippen LogP contribution in [0.2, 0.25) is 0 Å². The van der Waals surface area contributed by atoms with Crippen molar-refractivity contribution in [1.82, 2.24) is 10.2 Å². The quantitative estimate of drug-likeness (QED) is 0.534. The Balaban J connectivity index is 1.41. The van der Waals surface area contributed by atoms with E-state index in [4.69, 9.17) is 4.74 Å². The van der Waals surface area contributed by atoms with Gasteiger partial charge in [-0.1, -0.05) is 54.2 Å². The molecule has 2 aromatic carbocycles. The van der Waals surface area contributed by atoms with Crippen LogP contribution in [0.3, 0.4) is 0 Å². The van der Waals surface area contributed by atoms with E-state index in [-0.39, 0.29) is 28.9 Å². The Morgan fingerprint density at radius 2 is 1.94 bits per heavy atom. The Hall–Kier alpha value is -3.24. The molecule has 2 aliphatic heterocycles. The van der Waals surface area contributed by atoms with Crippen molar-refractivity contribution in [2.24, 2.45) is 0 Å². The summed E-state index contributed by atoms with van der Waals surface area (Å²) >= 11 is 2.39. The predicted octanol–water partition coefficient (Wildman–Crippen LogP) is 2.55. The van der Waals surface area contributed by atoms with Gasteiger partial charge in [-0.05, 0) is 23.3 Å². The molecule has 34 heavy (non-hydrogen) atoms. The summed E-state index contributed by atoms with van der Waals surface area (Å²) in [5, 5.41) is 11.9. The molecule has 2 N–H and O–H groups in total. The number of carboxylic acids is 1. The number of hydrogen-bond donors (Lipinski definition) is 2. The number of nitrogens with one attached hydrogen (secondary N) is 1. The van der Waals surface area contributed by atoms with Crippen LogP contribution in [0.4, 0.5) is 0 Å². The minimum absolute atomic E-state index is 0.0729. The summed E-state index contributed by atoms with van der Waals surface area (Å²) in [6.45, 7) is 0. The summed E-state index contributed by atoms with van der Waals surface area (Å²) in [6, 6.07) is 15.0. The van der Waals surface area contributed by atoms with Gasteiger partial charge in [-0.15, -0.1) is 11.8 Å². The van der Waals surface area contributed by atoms with E-state index in [2.05, 4.69) is 5.32 Å². The van der Waals surface area contributed by atoms with Crippen LogP contribution in [-0.4, -0.2) is 62.9 Å². The van der Waals surface area contributed by atoms with Gasteiger partial charge >= 0.3 is 5.97 Å². The second kappa shape index (κ2) is 10.4. The molecule has 0 bridgehead atoms. The second-order valence-electron chi connectivity index (χ2n) is 7.68. The first-order valence-electron chi connectivity index (χ1n) is 10.4. The third-order valence-electron chi connectivity index (χ3n) is 5.45. The van der Waals surface area contributed by atoms with Gasteiger partial charge < -0.3 is 15.2 Å². The Bertz CT molecular complexity index is 1170. The van der Waals surface area contributed by atoms with Crippen LogP contribution in [0.25, 0.3) is 0 Å². The van der Waals surface area contributed by atoms with E-state index in [0.717, 1.165) is 17.3 Å². The van der Waals surface area contributed by atoms with Gasteiger partial charge in [-0.3, -0.25) is 19.3 Å². The first-order valence-corrected chi connectivity index (χ1v) is 12.5. The van der Waals surface area contributed by atoms with E-state index < -0.39 is 23.3 Å². The molecule has 2 heterocycles. The zero-order valence-corrected chi connectivity index (χ0v) is 19.9. The lowest BCUT2D eigenvalue weighted by molar-refractivity contribution is -0.150. The van der Waals surface area contributed by atoms with Crippen molar-refractivity contribution in [3.05, 3.63) is 77.0 Å². The molecule has 1 saturated heterocycles. The number of rotatable bonds is 8. The van der Waals surface area contributed by atoms with Crippen molar-refractivity contribution in [1.29, 1.82) is 0 Å². The predicted molar refractivity (Wildman–Crippen MR) is 130 cm³/mol. The minimum atomic E-state index is -1.22. The Labute approximate surface area is 204 Å². The van der Waals surface area contributed by atoms with Gasteiger partial charge in [0, 0.05) is 17.1 Å². The number of carboxylic acid groups (broad SMARTS) is 1. The van der Waals surface area contributed by atoms with Crippen molar-refractivity contribution in [3.63, 3.8) is 0 Å². The van der Waals surface area contributed by atoms with Crippen LogP contribution in [0.15, 0.2) is 65.9 Å². The number of aliphatic carboxylic acids is 1. The molecule has 2 aliphatic rings. The maximum absolute atomic E-state index is 12.8. The number of benzene rings is 2. The summed E-state index contributed by atoms with van der Waals surface area (Å²) in [6.07, 6.45) is 0.0729. The van der Waals surface area contributed by atoms with Gasteiger partial charge in [0.15, 0.2) is 0 Å². The number of hydrogen-bond acceptors (Lipinski definition) is 7. The topological polar surface area (TPSA) is 113 Å². The highest BCUT2D eigenvalue weighted by Gasteiger charge is 2.54. The number of ether oxygens (including phenoxy) is 1. The summed E-state index contributed by atoms with van der Waals surface area (Å²) in [7, 11) is 1.54. The lowest BCUT2D eigenvalue weighted by Gasteiger charge is -2.49. The summed E-state index contributed by atoms with van der Waals surface area (Å²) in [5.74, 6) is -0.860. The molecule has 0 saturated carbocycles. The van der Waals surface area contributed by atoms with Crippen LogP contribution in [0.1, 0.15) is 15.9 Å². The molecule has 2 amide bonds. The van der Waals surface area contributed by atoms with E-state index in [1.807, 2.05) is 6.07 Å². The summed E-state index contributed by atoms with van der Waals surface area (Å²) in [5.41, 5.74) is 1.69. The van der Waals surface area contributed by atoms with Crippen molar-refractivity contribution >= 4 is 46.4 Å². The number of carbonyl (C=O) groups excluding carboxylic acids is 3. The van der Waals surface area contributed by atoms with E-state index in [1.54, 1.807) is 55.6 Å². The van der Waals surface area contributed by atoms with Crippen molar-refractivity contribution < 1.29 is 29.0 Å². The number of β-lactam (4-membered cyclic amide) rings is 1. The van der Waals surface area contributed by atoms with Gasteiger partial charge in [0.1, 0.15) is 22.9 Å². The van der Waals surface area contributed by atoms with Crippen LogP contribution < -0.4 is 10.1 Å². The molecule has 0 aliphatic carbocycles.